The summed E-state index contributed by atoms with van der Waals surface area (Å²) in [5.41, 5.74) is 1.98. The first kappa shape index (κ1) is 22.3. The molecule has 31 heavy (non-hydrogen) atoms. The molecule has 0 aromatic heterocycles. The number of nitrogens with zero attached hydrogens (tertiary/aromatic N) is 2. The summed E-state index contributed by atoms with van der Waals surface area (Å²) >= 11 is 12.5. The molecule has 166 valence electrons. The van der Waals surface area contributed by atoms with Gasteiger partial charge in [-0.2, -0.15) is 0 Å². The van der Waals surface area contributed by atoms with Gasteiger partial charge in [0.2, 0.25) is 0 Å². The number of methoxy groups -OCH3 is 1. The molecular weight excluding hydrogens is 435 g/mol. The fraction of sp³-hybridized carbons (Fsp3) is 0.458. The minimum absolute atomic E-state index is 0.279. The zero-order chi connectivity index (χ0) is 21.8. The van der Waals surface area contributed by atoms with Gasteiger partial charge in [0.05, 0.1) is 13.7 Å². The second kappa shape index (κ2) is 10.1. The van der Waals surface area contributed by atoms with Gasteiger partial charge in [0.25, 0.3) is 0 Å². The summed E-state index contributed by atoms with van der Waals surface area (Å²) in [6.07, 6.45) is 2.97. The Bertz CT molecular complexity index is 898. The summed E-state index contributed by atoms with van der Waals surface area (Å²) in [4.78, 5) is 16.5. The molecule has 2 aliphatic rings. The first-order valence-electron chi connectivity index (χ1n) is 10.8. The monoisotopic (exact) mass is 462 g/mol. The summed E-state index contributed by atoms with van der Waals surface area (Å²) in [7, 11) is 1.63. The van der Waals surface area contributed by atoms with E-state index in [0.717, 1.165) is 65.9 Å². The predicted octanol–water partition coefficient (Wildman–Crippen LogP) is 5.53. The van der Waals surface area contributed by atoms with E-state index in [1.54, 1.807) is 12.0 Å². The maximum Gasteiger partial charge on any atom is 0.414 e. The summed E-state index contributed by atoms with van der Waals surface area (Å²) in [5.74, 6) is 1.68. The van der Waals surface area contributed by atoms with Crippen molar-refractivity contribution in [3.8, 4) is 5.75 Å². The van der Waals surface area contributed by atoms with E-state index in [0.29, 0.717) is 25.0 Å². The van der Waals surface area contributed by atoms with Gasteiger partial charge in [-0.15, -0.1) is 0 Å². The molecule has 2 saturated heterocycles. The third-order valence-corrected chi connectivity index (χ3v) is 6.83. The molecule has 0 saturated carbocycles. The number of benzene rings is 2. The normalized spacial score (nSPS) is 20.5. The molecule has 0 spiro atoms. The van der Waals surface area contributed by atoms with Crippen LogP contribution in [-0.2, 0) is 11.2 Å². The lowest BCUT2D eigenvalue weighted by molar-refractivity contribution is 0.0870. The Morgan fingerprint density at radius 1 is 1.06 bits per heavy atom. The van der Waals surface area contributed by atoms with E-state index in [1.807, 2.05) is 42.5 Å². The first-order valence-corrected chi connectivity index (χ1v) is 11.5. The molecule has 1 amide bonds. The zero-order valence-electron chi connectivity index (χ0n) is 17.7. The van der Waals surface area contributed by atoms with Crippen molar-refractivity contribution >= 4 is 35.0 Å². The van der Waals surface area contributed by atoms with Crippen molar-refractivity contribution in [2.45, 2.75) is 19.3 Å². The van der Waals surface area contributed by atoms with Gasteiger partial charge in [-0.3, -0.25) is 4.90 Å². The Kier molecular flexibility index (Phi) is 7.26. The summed E-state index contributed by atoms with van der Waals surface area (Å²) in [5, 5.41) is 1.54. The second-order valence-electron chi connectivity index (χ2n) is 8.44. The van der Waals surface area contributed by atoms with Crippen molar-refractivity contribution in [3.63, 3.8) is 0 Å². The fourth-order valence-corrected chi connectivity index (χ4v) is 4.87. The van der Waals surface area contributed by atoms with Crippen LogP contribution in [0.2, 0.25) is 10.0 Å². The maximum absolute atomic E-state index is 12.3. The number of cyclic esters (lactones) is 1. The van der Waals surface area contributed by atoms with Crippen LogP contribution in [0.25, 0.3) is 0 Å². The molecule has 2 aromatic carbocycles. The van der Waals surface area contributed by atoms with E-state index in [-0.39, 0.29) is 6.09 Å². The number of ether oxygens (including phenoxy) is 2. The van der Waals surface area contributed by atoms with Crippen molar-refractivity contribution in [1.82, 2.24) is 4.90 Å². The van der Waals surface area contributed by atoms with E-state index in [1.165, 1.54) is 0 Å². The molecule has 2 fully saturated rings. The van der Waals surface area contributed by atoms with Crippen LogP contribution in [0.3, 0.4) is 0 Å². The molecule has 0 N–H and O–H groups in total. The molecule has 5 nitrogen and oxygen atoms in total. The zero-order valence-corrected chi connectivity index (χ0v) is 19.2. The number of hydrogen-bond donors (Lipinski definition) is 0. The van der Waals surface area contributed by atoms with E-state index in [2.05, 4.69) is 4.90 Å². The number of carbonyl (C=O) groups excluding carboxylic acids is 1. The van der Waals surface area contributed by atoms with Crippen LogP contribution in [0.1, 0.15) is 18.4 Å². The highest BCUT2D eigenvalue weighted by Gasteiger charge is 2.30. The minimum atomic E-state index is -0.279. The third kappa shape index (κ3) is 5.65. The lowest BCUT2D eigenvalue weighted by atomic mass is 9.89. The van der Waals surface area contributed by atoms with Crippen LogP contribution in [0.5, 0.6) is 5.75 Å². The lowest BCUT2D eigenvalue weighted by Crippen LogP contribution is -2.48. The average Bonchev–Trinajstić information content (AvgIpc) is 2.79. The van der Waals surface area contributed by atoms with Gasteiger partial charge in [-0.25, -0.2) is 4.79 Å². The van der Waals surface area contributed by atoms with E-state index >= 15 is 0 Å². The Morgan fingerprint density at radius 3 is 2.52 bits per heavy atom. The van der Waals surface area contributed by atoms with E-state index < -0.39 is 0 Å². The van der Waals surface area contributed by atoms with Gasteiger partial charge in [0, 0.05) is 34.7 Å². The highest BCUT2D eigenvalue weighted by molar-refractivity contribution is 6.33. The number of likely N-dealkylation sites (tertiary alicyclic amines) is 1. The van der Waals surface area contributed by atoms with Crippen LogP contribution in [0.15, 0.2) is 42.5 Å². The predicted molar refractivity (Wildman–Crippen MR) is 125 cm³/mol. The van der Waals surface area contributed by atoms with Gasteiger partial charge in [-0.1, -0.05) is 23.2 Å². The molecule has 1 atom stereocenters. The molecule has 7 heteroatoms. The molecule has 1 unspecified atom stereocenters. The number of halogens is 2. The van der Waals surface area contributed by atoms with E-state index in [4.69, 9.17) is 32.7 Å². The van der Waals surface area contributed by atoms with Gasteiger partial charge in [-0.05, 0) is 86.3 Å². The average molecular weight is 463 g/mol. The highest BCUT2D eigenvalue weighted by atomic mass is 35.5. The van der Waals surface area contributed by atoms with Crippen LogP contribution in [-0.4, -0.2) is 50.9 Å². The Labute approximate surface area is 193 Å². The van der Waals surface area contributed by atoms with Crippen LogP contribution in [0.4, 0.5) is 10.5 Å². The highest BCUT2D eigenvalue weighted by Crippen LogP contribution is 2.29. The number of rotatable bonds is 6. The molecule has 0 radical (unpaired) electrons. The number of anilines is 1. The SMILES string of the molecule is COc1ccc(N2CC(CN3CCC(Cc4cc(Cl)ccc4Cl)CC3)COC2=O)cc1. The Balaban J connectivity index is 1.29. The molecule has 0 aliphatic carbocycles. The van der Waals surface area contributed by atoms with Crippen LogP contribution < -0.4 is 9.64 Å². The number of carbonyl (C=O) groups is 1. The van der Waals surface area contributed by atoms with Gasteiger partial charge in [0.1, 0.15) is 5.75 Å². The van der Waals surface area contributed by atoms with Crippen molar-refractivity contribution in [2.24, 2.45) is 11.8 Å². The van der Waals surface area contributed by atoms with Crippen molar-refractivity contribution in [1.29, 1.82) is 0 Å². The fourth-order valence-electron chi connectivity index (χ4n) is 4.48. The molecule has 4 rings (SSSR count). The second-order valence-corrected chi connectivity index (χ2v) is 9.28. The standard InChI is InChI=1S/C24H28Cl2N2O3/c1-30-22-5-3-21(4-6-22)28-15-18(16-31-24(28)29)14-27-10-8-17(9-11-27)12-19-13-20(25)2-7-23(19)26/h2-7,13,17-18H,8-12,14-16H2,1H3. The quantitative estimate of drug-likeness (QED) is 0.565. The third-order valence-electron chi connectivity index (χ3n) is 6.23. The summed E-state index contributed by atoms with van der Waals surface area (Å²) in [6.45, 7) is 4.18. The Hall–Kier alpha value is -1.95. The lowest BCUT2D eigenvalue weighted by Gasteiger charge is -2.38. The molecule has 2 heterocycles. The largest absolute Gasteiger partial charge is 0.497 e. The minimum Gasteiger partial charge on any atom is -0.497 e. The number of hydrogen-bond acceptors (Lipinski definition) is 4. The topological polar surface area (TPSA) is 42.0 Å². The number of piperidine rings is 1. The summed E-state index contributed by atoms with van der Waals surface area (Å²) < 4.78 is 10.7. The number of amides is 1. The van der Waals surface area contributed by atoms with Crippen LogP contribution in [0, 0.1) is 11.8 Å². The van der Waals surface area contributed by atoms with Crippen molar-refractivity contribution in [3.05, 3.63) is 58.1 Å². The van der Waals surface area contributed by atoms with Crippen molar-refractivity contribution in [2.75, 3.05) is 44.8 Å². The van der Waals surface area contributed by atoms with Crippen molar-refractivity contribution < 1.29 is 14.3 Å². The maximum atomic E-state index is 12.3. The van der Waals surface area contributed by atoms with Gasteiger partial charge < -0.3 is 14.4 Å². The van der Waals surface area contributed by atoms with Gasteiger partial charge >= 0.3 is 6.09 Å². The van der Waals surface area contributed by atoms with Crippen LogP contribution >= 0.6 is 23.2 Å². The smallest absolute Gasteiger partial charge is 0.414 e. The van der Waals surface area contributed by atoms with E-state index in [9.17, 15) is 4.79 Å². The summed E-state index contributed by atoms with van der Waals surface area (Å²) in [6, 6.07) is 13.2. The molecular formula is C24H28Cl2N2O3. The first-order chi connectivity index (χ1) is 15.0. The molecule has 2 aliphatic heterocycles. The van der Waals surface area contributed by atoms with Gasteiger partial charge in [0.15, 0.2) is 0 Å². The Morgan fingerprint density at radius 2 is 1.81 bits per heavy atom. The molecule has 2 aromatic rings. The molecule has 0 bridgehead atoms.